The van der Waals surface area contributed by atoms with Crippen LogP contribution in [0.3, 0.4) is 0 Å². The second-order valence-corrected chi connectivity index (χ2v) is 6.17. The molecule has 0 saturated carbocycles. The fraction of sp³-hybridized carbons (Fsp3) is 0.200. The topological polar surface area (TPSA) is 79.5 Å². The Bertz CT molecular complexity index is 947. The van der Waals surface area contributed by atoms with Crippen LogP contribution in [0.2, 0.25) is 0 Å². The minimum atomic E-state index is -0.571. The monoisotopic (exact) mass is 337 g/mol. The summed E-state index contributed by atoms with van der Waals surface area (Å²) >= 11 is 0. The molecule has 1 amide bonds. The third-order valence-corrected chi connectivity index (χ3v) is 4.24. The van der Waals surface area contributed by atoms with Crippen molar-refractivity contribution in [3.8, 4) is 0 Å². The number of hydrogen-bond acceptors (Lipinski definition) is 4. The molecule has 5 nitrogen and oxygen atoms in total. The molecule has 3 aromatic rings. The third-order valence-electron chi connectivity index (χ3n) is 4.24. The fourth-order valence-corrected chi connectivity index (χ4v) is 2.92. The van der Waals surface area contributed by atoms with Crippen LogP contribution in [0.15, 0.2) is 63.8 Å². The Kier molecular flexibility index (Phi) is 4.95. The molecule has 1 atom stereocenters. The van der Waals surface area contributed by atoms with E-state index in [2.05, 4.69) is 0 Å². The van der Waals surface area contributed by atoms with E-state index in [9.17, 15) is 9.59 Å². The average Bonchev–Trinajstić information content (AvgIpc) is 2.62. The lowest BCUT2D eigenvalue weighted by Crippen LogP contribution is -2.32. The van der Waals surface area contributed by atoms with E-state index >= 15 is 0 Å². The van der Waals surface area contributed by atoms with Crippen molar-refractivity contribution in [2.75, 3.05) is 0 Å². The Morgan fingerprint density at radius 3 is 2.60 bits per heavy atom. The van der Waals surface area contributed by atoms with E-state index in [1.54, 1.807) is 11.5 Å². The van der Waals surface area contributed by atoms with Crippen LogP contribution in [0.4, 0.5) is 0 Å². The smallest absolute Gasteiger partial charge is 0.339 e. The molecule has 1 unspecified atom stereocenters. The highest BCUT2D eigenvalue weighted by molar-refractivity contribution is 5.79. The van der Waals surface area contributed by atoms with Crippen LogP contribution < -0.4 is 11.1 Å². The van der Waals surface area contributed by atoms with Gasteiger partial charge in [0.15, 0.2) is 0 Å². The standard InChI is InChI=1S/C20H19NO4/c1-13-7-8-15-11-17(20(23)25-18(15)9-13)12-16(19(22)21-24)10-14-5-3-2-4-6-14/h2-9,11,16,24H,10,12H2,1H3,(H,21,22). The van der Waals surface area contributed by atoms with Gasteiger partial charge in [0.1, 0.15) is 5.58 Å². The van der Waals surface area contributed by atoms with Crippen LogP contribution in [0, 0.1) is 12.8 Å². The highest BCUT2D eigenvalue weighted by Crippen LogP contribution is 2.19. The lowest BCUT2D eigenvalue weighted by Gasteiger charge is -2.14. The SMILES string of the molecule is Cc1ccc2cc(CC(Cc3ccccc3)C(=O)NO)c(=O)oc2c1. The van der Waals surface area contributed by atoms with E-state index in [4.69, 9.17) is 9.62 Å². The highest BCUT2D eigenvalue weighted by Gasteiger charge is 2.21. The number of benzene rings is 2. The zero-order valence-corrected chi connectivity index (χ0v) is 13.9. The normalized spacial score (nSPS) is 12.1. The van der Waals surface area contributed by atoms with Crippen molar-refractivity contribution in [1.82, 2.24) is 5.48 Å². The molecule has 0 saturated heterocycles. The molecule has 0 fully saturated rings. The largest absolute Gasteiger partial charge is 0.423 e. The molecule has 1 aromatic heterocycles. The summed E-state index contributed by atoms with van der Waals surface area (Å²) in [4.78, 5) is 24.3. The molecule has 25 heavy (non-hydrogen) atoms. The Balaban J connectivity index is 1.92. The number of hydroxylamine groups is 1. The molecular formula is C20H19NO4. The van der Waals surface area contributed by atoms with Crippen LogP contribution in [0.25, 0.3) is 11.0 Å². The number of fused-ring (bicyclic) bond motifs is 1. The zero-order valence-electron chi connectivity index (χ0n) is 13.9. The maximum absolute atomic E-state index is 12.3. The molecular weight excluding hydrogens is 318 g/mol. The maximum Gasteiger partial charge on any atom is 0.339 e. The van der Waals surface area contributed by atoms with Gasteiger partial charge in [-0.2, -0.15) is 0 Å². The van der Waals surface area contributed by atoms with E-state index in [1.165, 1.54) is 0 Å². The second kappa shape index (κ2) is 7.32. The van der Waals surface area contributed by atoms with E-state index in [0.717, 1.165) is 16.5 Å². The van der Waals surface area contributed by atoms with Crippen molar-refractivity contribution < 1.29 is 14.4 Å². The summed E-state index contributed by atoms with van der Waals surface area (Å²) in [6.45, 7) is 1.93. The maximum atomic E-state index is 12.3. The molecule has 128 valence electrons. The molecule has 2 N–H and O–H groups in total. The molecule has 2 aromatic carbocycles. The quantitative estimate of drug-likeness (QED) is 0.426. The first-order valence-corrected chi connectivity index (χ1v) is 8.08. The van der Waals surface area contributed by atoms with Gasteiger partial charge in [-0.25, -0.2) is 10.3 Å². The Hall–Kier alpha value is -2.92. The van der Waals surface area contributed by atoms with Crippen molar-refractivity contribution in [2.45, 2.75) is 19.8 Å². The predicted octanol–water partition coefficient (Wildman–Crippen LogP) is 3.01. The van der Waals surface area contributed by atoms with E-state index in [0.29, 0.717) is 17.6 Å². The van der Waals surface area contributed by atoms with Gasteiger partial charge in [-0.1, -0.05) is 42.5 Å². The summed E-state index contributed by atoms with van der Waals surface area (Å²) < 4.78 is 5.39. The molecule has 0 spiro atoms. The molecule has 3 rings (SSSR count). The van der Waals surface area contributed by atoms with Gasteiger partial charge in [0.25, 0.3) is 0 Å². The number of rotatable bonds is 5. The highest BCUT2D eigenvalue weighted by atomic mass is 16.5. The van der Waals surface area contributed by atoms with Gasteiger partial charge in [-0.3, -0.25) is 10.0 Å². The first-order chi connectivity index (χ1) is 12.1. The van der Waals surface area contributed by atoms with Crippen LogP contribution in [0.5, 0.6) is 0 Å². The Labute approximate surface area is 144 Å². The van der Waals surface area contributed by atoms with Gasteiger partial charge >= 0.3 is 5.63 Å². The number of carbonyl (C=O) groups excluding carboxylic acids is 1. The number of carbonyl (C=O) groups is 1. The summed E-state index contributed by atoms with van der Waals surface area (Å²) in [5, 5.41) is 9.84. The minimum absolute atomic E-state index is 0.188. The molecule has 5 heteroatoms. The zero-order chi connectivity index (χ0) is 17.8. The van der Waals surface area contributed by atoms with Crippen molar-refractivity contribution >= 4 is 16.9 Å². The summed E-state index contributed by atoms with van der Waals surface area (Å²) in [5.41, 5.74) is 4.15. The summed E-state index contributed by atoms with van der Waals surface area (Å²) in [6.07, 6.45) is 0.603. The van der Waals surface area contributed by atoms with Gasteiger partial charge in [-0.05, 0) is 43.0 Å². The summed E-state index contributed by atoms with van der Waals surface area (Å²) in [6, 6.07) is 16.9. The summed E-state index contributed by atoms with van der Waals surface area (Å²) in [5.74, 6) is -1.09. The predicted molar refractivity (Wildman–Crippen MR) is 94.5 cm³/mol. The van der Waals surface area contributed by atoms with Gasteiger partial charge in [-0.15, -0.1) is 0 Å². The van der Waals surface area contributed by atoms with Gasteiger partial charge in [0, 0.05) is 16.9 Å². The van der Waals surface area contributed by atoms with E-state index in [-0.39, 0.29) is 6.42 Å². The number of hydrogen-bond donors (Lipinski definition) is 2. The van der Waals surface area contributed by atoms with Crippen LogP contribution in [0.1, 0.15) is 16.7 Å². The van der Waals surface area contributed by atoms with E-state index in [1.807, 2.05) is 55.5 Å². The van der Waals surface area contributed by atoms with E-state index < -0.39 is 17.5 Å². The lowest BCUT2D eigenvalue weighted by atomic mass is 9.92. The van der Waals surface area contributed by atoms with Gasteiger partial charge in [0.2, 0.25) is 5.91 Å². The van der Waals surface area contributed by atoms with Gasteiger partial charge in [0.05, 0.1) is 0 Å². The first kappa shape index (κ1) is 16.9. The molecule has 0 bridgehead atoms. The van der Waals surface area contributed by atoms with Crippen molar-refractivity contribution in [1.29, 1.82) is 0 Å². The average molecular weight is 337 g/mol. The number of aryl methyl sites for hydroxylation is 1. The Morgan fingerprint density at radius 1 is 1.12 bits per heavy atom. The number of amides is 1. The Morgan fingerprint density at radius 2 is 1.88 bits per heavy atom. The summed E-state index contributed by atoms with van der Waals surface area (Å²) in [7, 11) is 0. The minimum Gasteiger partial charge on any atom is -0.423 e. The first-order valence-electron chi connectivity index (χ1n) is 8.08. The molecule has 0 aliphatic carbocycles. The van der Waals surface area contributed by atoms with Crippen molar-refractivity contribution in [3.63, 3.8) is 0 Å². The van der Waals surface area contributed by atoms with Crippen molar-refractivity contribution in [3.05, 3.63) is 81.7 Å². The molecule has 1 heterocycles. The van der Waals surface area contributed by atoms with Gasteiger partial charge < -0.3 is 4.42 Å². The number of nitrogens with one attached hydrogen (secondary N) is 1. The van der Waals surface area contributed by atoms with Crippen LogP contribution >= 0.6 is 0 Å². The molecule has 0 aliphatic heterocycles. The molecule has 0 aliphatic rings. The van der Waals surface area contributed by atoms with Crippen LogP contribution in [-0.4, -0.2) is 11.1 Å². The fourth-order valence-electron chi connectivity index (χ4n) is 2.92. The van der Waals surface area contributed by atoms with Crippen molar-refractivity contribution in [2.24, 2.45) is 5.92 Å². The second-order valence-electron chi connectivity index (χ2n) is 6.17. The lowest BCUT2D eigenvalue weighted by molar-refractivity contribution is -0.133. The van der Waals surface area contributed by atoms with Crippen LogP contribution in [-0.2, 0) is 17.6 Å². The third kappa shape index (κ3) is 3.95. The molecule has 0 radical (unpaired) electrons.